The molecule has 5 N–H and O–H groups in total. The first-order valence-corrected chi connectivity index (χ1v) is 10.9. The normalized spacial score (nSPS) is 11.7. The minimum absolute atomic E-state index is 0.0979. The standard InChI is InChI=1S/C22H24N6O3S/c1-25-12-15-2-4-17(5-3-15)21(23)31-22(24)20-14-26-13-19(28-20)16-6-8-18(9-7-16)32(30)27-10-11-29/h2-9,13-14,23-25,27,29H,10-12H2,1H3. The number of ether oxygens (including phenoxy) is 1. The summed E-state index contributed by atoms with van der Waals surface area (Å²) in [5.41, 5.74) is 3.06. The minimum atomic E-state index is -1.41. The van der Waals surface area contributed by atoms with Gasteiger partial charge in [-0.2, -0.15) is 0 Å². The number of aliphatic hydroxyl groups excluding tert-OH is 1. The monoisotopic (exact) mass is 452 g/mol. The molecule has 0 saturated heterocycles. The van der Waals surface area contributed by atoms with Crippen LogP contribution in [0.5, 0.6) is 0 Å². The molecule has 3 rings (SSSR count). The zero-order chi connectivity index (χ0) is 22.9. The molecule has 10 heteroatoms. The van der Waals surface area contributed by atoms with Crippen LogP contribution in [0.25, 0.3) is 11.3 Å². The third kappa shape index (κ3) is 6.19. The van der Waals surface area contributed by atoms with E-state index in [1.807, 2.05) is 19.2 Å². The van der Waals surface area contributed by atoms with E-state index in [0.717, 1.165) is 17.7 Å². The summed E-state index contributed by atoms with van der Waals surface area (Å²) in [6.07, 6.45) is 2.95. The van der Waals surface area contributed by atoms with E-state index in [9.17, 15) is 4.55 Å². The Balaban J connectivity index is 1.68. The van der Waals surface area contributed by atoms with Crippen molar-refractivity contribution in [3.63, 3.8) is 0 Å². The first kappa shape index (κ1) is 23.5. The second-order valence-corrected chi connectivity index (χ2v) is 7.99. The van der Waals surface area contributed by atoms with Crippen LogP contribution in [0, 0.1) is 10.8 Å². The summed E-state index contributed by atoms with van der Waals surface area (Å²) >= 11 is -1.41. The van der Waals surface area contributed by atoms with Crippen LogP contribution in [0.1, 0.15) is 16.8 Å². The highest BCUT2D eigenvalue weighted by Crippen LogP contribution is 2.19. The number of nitrogens with zero attached hydrogens (tertiary/aromatic N) is 2. The Morgan fingerprint density at radius 1 is 1.06 bits per heavy atom. The number of benzene rings is 2. The van der Waals surface area contributed by atoms with E-state index < -0.39 is 11.4 Å². The van der Waals surface area contributed by atoms with Gasteiger partial charge in [0.15, 0.2) is 4.90 Å². The van der Waals surface area contributed by atoms with Crippen LogP contribution in [0.15, 0.2) is 65.8 Å². The summed E-state index contributed by atoms with van der Waals surface area (Å²) in [7, 11) is 1.86. The van der Waals surface area contributed by atoms with Gasteiger partial charge in [0.2, 0.25) is 11.8 Å². The van der Waals surface area contributed by atoms with Crippen molar-refractivity contribution < 1.29 is 14.4 Å². The number of aliphatic hydroxyl groups is 1. The largest absolute Gasteiger partial charge is 0.593 e. The van der Waals surface area contributed by atoms with Gasteiger partial charge in [-0.3, -0.25) is 15.8 Å². The average Bonchev–Trinajstić information content (AvgIpc) is 2.83. The molecule has 0 spiro atoms. The van der Waals surface area contributed by atoms with Crippen LogP contribution in [-0.4, -0.2) is 51.6 Å². The summed E-state index contributed by atoms with van der Waals surface area (Å²) in [5, 5.41) is 28.2. The molecular formula is C22H24N6O3S. The fourth-order valence-electron chi connectivity index (χ4n) is 2.78. The number of nitrogens with one attached hydrogen (secondary N) is 4. The molecule has 3 aromatic rings. The predicted molar refractivity (Wildman–Crippen MR) is 123 cm³/mol. The molecule has 0 aliphatic carbocycles. The van der Waals surface area contributed by atoms with Gasteiger partial charge in [0.1, 0.15) is 5.69 Å². The van der Waals surface area contributed by atoms with E-state index in [1.54, 1.807) is 42.6 Å². The van der Waals surface area contributed by atoms with E-state index in [0.29, 0.717) is 16.2 Å². The lowest BCUT2D eigenvalue weighted by Crippen LogP contribution is -2.26. The van der Waals surface area contributed by atoms with E-state index in [4.69, 9.17) is 20.7 Å². The van der Waals surface area contributed by atoms with E-state index in [2.05, 4.69) is 20.0 Å². The second kappa shape index (κ2) is 11.5. The first-order valence-electron chi connectivity index (χ1n) is 9.79. The maximum Gasteiger partial charge on any atom is 0.241 e. The summed E-state index contributed by atoms with van der Waals surface area (Å²) in [6, 6.07) is 14.2. The van der Waals surface area contributed by atoms with Gasteiger partial charge in [0.05, 0.1) is 42.6 Å². The first-order chi connectivity index (χ1) is 15.5. The molecule has 0 fully saturated rings. The van der Waals surface area contributed by atoms with Crippen molar-refractivity contribution >= 4 is 23.2 Å². The molecule has 1 heterocycles. The van der Waals surface area contributed by atoms with Crippen molar-refractivity contribution in [2.45, 2.75) is 11.4 Å². The molecule has 0 radical (unpaired) electrons. The fourth-order valence-corrected chi connectivity index (χ4v) is 3.60. The Kier molecular flexibility index (Phi) is 8.42. The fraction of sp³-hybridized carbons (Fsp3) is 0.182. The molecule has 1 atom stereocenters. The molecule has 166 valence electrons. The number of rotatable bonds is 9. The molecule has 1 aromatic heterocycles. The highest BCUT2D eigenvalue weighted by atomic mass is 32.2. The van der Waals surface area contributed by atoms with E-state index in [1.165, 1.54) is 6.20 Å². The van der Waals surface area contributed by atoms with Crippen LogP contribution < -0.4 is 10.0 Å². The highest BCUT2D eigenvalue weighted by molar-refractivity contribution is 7.89. The third-order valence-corrected chi connectivity index (χ3v) is 5.54. The van der Waals surface area contributed by atoms with Crippen LogP contribution in [-0.2, 0) is 22.6 Å². The molecule has 0 saturated carbocycles. The summed E-state index contributed by atoms with van der Waals surface area (Å²) in [6.45, 7) is 0.862. The summed E-state index contributed by atoms with van der Waals surface area (Å²) < 4.78 is 20.1. The zero-order valence-electron chi connectivity index (χ0n) is 17.5. The summed E-state index contributed by atoms with van der Waals surface area (Å²) in [5.74, 6) is -0.435. The van der Waals surface area contributed by atoms with Gasteiger partial charge in [-0.1, -0.05) is 12.1 Å². The lowest BCUT2D eigenvalue weighted by Gasteiger charge is -2.11. The number of hydrogen-bond acceptors (Lipinski definition) is 9. The zero-order valence-corrected chi connectivity index (χ0v) is 18.3. The maximum atomic E-state index is 12.1. The van der Waals surface area contributed by atoms with E-state index in [-0.39, 0.29) is 30.6 Å². The van der Waals surface area contributed by atoms with Gasteiger partial charge in [0.25, 0.3) is 0 Å². The Labute approximate surface area is 189 Å². The average molecular weight is 453 g/mol. The van der Waals surface area contributed by atoms with Crippen molar-refractivity contribution in [1.29, 1.82) is 10.8 Å². The van der Waals surface area contributed by atoms with Crippen molar-refractivity contribution in [2.24, 2.45) is 0 Å². The van der Waals surface area contributed by atoms with Crippen molar-refractivity contribution in [2.75, 3.05) is 20.2 Å². The molecular weight excluding hydrogens is 428 g/mol. The lowest BCUT2D eigenvalue weighted by molar-refractivity contribution is 0.301. The molecule has 0 aliphatic rings. The van der Waals surface area contributed by atoms with Crippen molar-refractivity contribution in [1.82, 2.24) is 20.0 Å². The lowest BCUT2D eigenvalue weighted by atomic mass is 10.1. The predicted octanol–water partition coefficient (Wildman–Crippen LogP) is 1.84. The SMILES string of the molecule is CNCc1ccc(C(=N)OC(=N)c2cncc(-c3ccc([S+]([O-])NCCO)cc3)n2)cc1. The summed E-state index contributed by atoms with van der Waals surface area (Å²) in [4.78, 5) is 9.11. The number of aromatic nitrogens is 2. The second-order valence-electron chi connectivity index (χ2n) is 6.69. The van der Waals surface area contributed by atoms with Crippen LogP contribution >= 0.6 is 0 Å². The van der Waals surface area contributed by atoms with Crippen LogP contribution in [0.4, 0.5) is 0 Å². The smallest absolute Gasteiger partial charge is 0.241 e. The maximum absolute atomic E-state index is 12.1. The third-order valence-electron chi connectivity index (χ3n) is 4.38. The van der Waals surface area contributed by atoms with Gasteiger partial charge >= 0.3 is 0 Å². The quantitative estimate of drug-likeness (QED) is 0.189. The molecule has 9 nitrogen and oxygen atoms in total. The molecule has 0 amide bonds. The van der Waals surface area contributed by atoms with Gasteiger partial charge in [0, 0.05) is 17.7 Å². The molecule has 32 heavy (non-hydrogen) atoms. The Bertz CT molecular complexity index is 1060. The van der Waals surface area contributed by atoms with Crippen LogP contribution in [0.2, 0.25) is 0 Å². The van der Waals surface area contributed by atoms with E-state index >= 15 is 0 Å². The minimum Gasteiger partial charge on any atom is -0.593 e. The topological polar surface area (TPSA) is 150 Å². The van der Waals surface area contributed by atoms with Gasteiger partial charge in [-0.15, -0.1) is 4.72 Å². The molecule has 0 bridgehead atoms. The van der Waals surface area contributed by atoms with Gasteiger partial charge in [-0.25, -0.2) is 4.98 Å². The highest BCUT2D eigenvalue weighted by Gasteiger charge is 2.14. The Morgan fingerprint density at radius 2 is 1.78 bits per heavy atom. The van der Waals surface area contributed by atoms with Gasteiger partial charge < -0.3 is 19.7 Å². The molecule has 1 unspecified atom stereocenters. The molecule has 2 aromatic carbocycles. The molecule has 0 aliphatic heterocycles. The van der Waals surface area contributed by atoms with Crippen LogP contribution in [0.3, 0.4) is 0 Å². The Hall–Kier alpha value is -3.15. The van der Waals surface area contributed by atoms with Crippen molar-refractivity contribution in [3.05, 3.63) is 77.7 Å². The Morgan fingerprint density at radius 3 is 2.44 bits per heavy atom. The van der Waals surface area contributed by atoms with Gasteiger partial charge in [-0.05, 0) is 49.0 Å². The van der Waals surface area contributed by atoms with Crippen molar-refractivity contribution in [3.8, 4) is 11.3 Å². The number of hydrogen-bond donors (Lipinski definition) is 5.